The Kier molecular flexibility index (Phi) is 6.29. The average molecular weight is 475 g/mol. The molecule has 0 saturated carbocycles. The van der Waals surface area contributed by atoms with Crippen molar-refractivity contribution in [1.82, 2.24) is 0 Å². The van der Waals surface area contributed by atoms with Crippen molar-refractivity contribution < 1.29 is 26.7 Å². The van der Waals surface area contributed by atoms with E-state index < -0.39 is 31.6 Å². The molecule has 8 nitrogen and oxygen atoms in total. The van der Waals surface area contributed by atoms with Crippen molar-refractivity contribution in [3.63, 3.8) is 0 Å². The van der Waals surface area contributed by atoms with Gasteiger partial charge in [0, 0.05) is 0 Å². The molecule has 3 N–H and O–H groups in total. The van der Waals surface area contributed by atoms with Gasteiger partial charge in [-0.25, -0.2) is 21.6 Å². The van der Waals surface area contributed by atoms with Crippen LogP contribution in [0.1, 0.15) is 27.0 Å². The number of carboxylic acid groups (broad SMARTS) is 1. The highest BCUT2D eigenvalue weighted by Crippen LogP contribution is 2.31. The van der Waals surface area contributed by atoms with Gasteiger partial charge in [-0.1, -0.05) is 35.4 Å². The van der Waals surface area contributed by atoms with E-state index in [2.05, 4.69) is 9.44 Å². The Morgan fingerprint density at radius 1 is 0.656 bits per heavy atom. The van der Waals surface area contributed by atoms with Crippen LogP contribution >= 0.6 is 0 Å². The molecule has 0 atom stereocenters. The van der Waals surface area contributed by atoms with E-state index in [-0.39, 0.29) is 21.2 Å². The van der Waals surface area contributed by atoms with E-state index in [0.29, 0.717) is 5.56 Å². The summed E-state index contributed by atoms with van der Waals surface area (Å²) in [7, 11) is -8.22. The smallest absolute Gasteiger partial charge is 0.339 e. The second kappa shape index (κ2) is 8.64. The van der Waals surface area contributed by atoms with Crippen LogP contribution in [0.5, 0.6) is 0 Å². The van der Waals surface area contributed by atoms with E-state index in [1.165, 1.54) is 36.4 Å². The van der Waals surface area contributed by atoms with Crippen LogP contribution in [0, 0.1) is 20.8 Å². The molecule has 3 aromatic carbocycles. The quantitative estimate of drug-likeness (QED) is 0.476. The second-order valence-corrected chi connectivity index (χ2v) is 10.7. The molecule has 0 amide bonds. The van der Waals surface area contributed by atoms with Gasteiger partial charge < -0.3 is 5.11 Å². The number of hydrogen-bond acceptors (Lipinski definition) is 5. The van der Waals surface area contributed by atoms with Crippen molar-refractivity contribution in [1.29, 1.82) is 0 Å². The van der Waals surface area contributed by atoms with Crippen molar-refractivity contribution in [3.8, 4) is 0 Å². The number of carbonyl (C=O) groups is 1. The Balaban J connectivity index is 2.07. The summed E-state index contributed by atoms with van der Waals surface area (Å²) in [5, 5.41) is 9.78. The molecule has 0 aliphatic heterocycles. The van der Waals surface area contributed by atoms with Gasteiger partial charge in [0.2, 0.25) is 0 Å². The molecule has 0 unspecified atom stereocenters. The maximum Gasteiger partial charge on any atom is 0.339 e. The summed E-state index contributed by atoms with van der Waals surface area (Å²) in [4.78, 5) is 11.9. The summed E-state index contributed by atoms with van der Waals surface area (Å²) in [5.74, 6) is -1.49. The minimum Gasteiger partial charge on any atom is -0.478 e. The summed E-state index contributed by atoms with van der Waals surface area (Å²) >= 11 is 0. The van der Waals surface area contributed by atoms with Gasteiger partial charge in [-0.15, -0.1) is 0 Å². The zero-order chi connectivity index (χ0) is 23.7. The lowest BCUT2D eigenvalue weighted by Gasteiger charge is -2.17. The third kappa shape index (κ3) is 5.09. The number of hydrogen-bond donors (Lipinski definition) is 3. The van der Waals surface area contributed by atoms with Crippen molar-refractivity contribution in [2.24, 2.45) is 0 Å². The molecule has 32 heavy (non-hydrogen) atoms. The Hall–Kier alpha value is -3.37. The molecule has 0 bridgehead atoms. The SMILES string of the molecule is Cc1ccc(S(=O)(=O)Nc2cc(C)cc(NS(=O)(=O)c3ccc(C)cc3)c2C(=O)O)cc1. The Labute approximate surface area is 187 Å². The van der Waals surface area contributed by atoms with Crippen LogP contribution in [-0.2, 0) is 20.0 Å². The van der Waals surface area contributed by atoms with Crippen LogP contribution in [-0.4, -0.2) is 27.9 Å². The standard InChI is InChI=1S/C22H22N2O6S2/c1-14-4-8-17(9-5-14)31(27,28)23-19-12-16(3)13-20(21(19)22(25)26)24-32(29,30)18-10-6-15(2)7-11-18/h4-13,23-24H,1-3H3,(H,25,26). The third-order valence-corrected chi connectivity index (χ3v) is 7.41. The van der Waals surface area contributed by atoms with E-state index in [9.17, 15) is 26.7 Å². The molecule has 0 saturated heterocycles. The van der Waals surface area contributed by atoms with Gasteiger partial charge in [0.15, 0.2) is 0 Å². The normalized spacial score (nSPS) is 11.7. The summed E-state index contributed by atoms with van der Waals surface area (Å²) in [5.41, 5.74) is 1.16. The first-order valence-corrected chi connectivity index (χ1v) is 12.4. The fraction of sp³-hybridized carbons (Fsp3) is 0.136. The van der Waals surface area contributed by atoms with Crippen LogP contribution in [0.2, 0.25) is 0 Å². The lowest BCUT2D eigenvalue weighted by molar-refractivity contribution is 0.0699. The number of carboxylic acids is 1. The molecule has 3 aromatic rings. The highest BCUT2D eigenvalue weighted by Gasteiger charge is 2.25. The minimum atomic E-state index is -4.11. The summed E-state index contributed by atoms with van der Waals surface area (Å²) in [6.07, 6.45) is 0. The zero-order valence-electron chi connectivity index (χ0n) is 17.6. The number of nitrogens with one attached hydrogen (secondary N) is 2. The van der Waals surface area contributed by atoms with Gasteiger partial charge in [-0.2, -0.15) is 0 Å². The summed E-state index contributed by atoms with van der Waals surface area (Å²) in [6, 6.07) is 14.7. The lowest BCUT2D eigenvalue weighted by Crippen LogP contribution is -2.19. The Bertz CT molecular complexity index is 1280. The Morgan fingerprint density at radius 2 is 1.00 bits per heavy atom. The number of aromatic carboxylic acids is 1. The largest absolute Gasteiger partial charge is 0.478 e. The highest BCUT2D eigenvalue weighted by atomic mass is 32.2. The molecule has 168 valence electrons. The van der Waals surface area contributed by atoms with Gasteiger partial charge in [0.05, 0.1) is 21.2 Å². The average Bonchev–Trinajstić information content (AvgIpc) is 2.67. The Morgan fingerprint density at radius 3 is 1.31 bits per heavy atom. The fourth-order valence-corrected chi connectivity index (χ4v) is 5.15. The van der Waals surface area contributed by atoms with E-state index in [0.717, 1.165) is 11.1 Å². The third-order valence-electron chi connectivity index (χ3n) is 4.65. The lowest BCUT2D eigenvalue weighted by atomic mass is 10.1. The van der Waals surface area contributed by atoms with E-state index in [1.807, 2.05) is 0 Å². The molecule has 0 spiro atoms. The zero-order valence-corrected chi connectivity index (χ0v) is 19.2. The monoisotopic (exact) mass is 474 g/mol. The van der Waals surface area contributed by atoms with Crippen molar-refractivity contribution in [3.05, 3.63) is 82.9 Å². The molecule has 0 heterocycles. The van der Waals surface area contributed by atoms with Crippen molar-refractivity contribution in [2.45, 2.75) is 30.6 Å². The van der Waals surface area contributed by atoms with E-state index >= 15 is 0 Å². The number of anilines is 2. The molecular formula is C22H22N2O6S2. The molecule has 0 aliphatic rings. The first kappa shape index (κ1) is 23.3. The molecule has 0 fully saturated rings. The second-order valence-electron chi connectivity index (χ2n) is 7.38. The molecule has 0 aliphatic carbocycles. The maximum absolute atomic E-state index is 12.8. The summed E-state index contributed by atoms with van der Waals surface area (Å²) in [6.45, 7) is 5.21. The van der Waals surface area contributed by atoms with Gasteiger partial charge in [-0.3, -0.25) is 9.44 Å². The maximum atomic E-state index is 12.8. The predicted octanol–water partition coefficient (Wildman–Crippen LogP) is 3.91. The van der Waals surface area contributed by atoms with Crippen LogP contribution in [0.4, 0.5) is 11.4 Å². The van der Waals surface area contributed by atoms with E-state index in [4.69, 9.17) is 0 Å². The molecule has 0 radical (unpaired) electrons. The van der Waals surface area contributed by atoms with Gasteiger partial charge in [0.25, 0.3) is 20.0 Å². The predicted molar refractivity (Wildman–Crippen MR) is 122 cm³/mol. The molecule has 0 aromatic heterocycles. The van der Waals surface area contributed by atoms with Crippen molar-refractivity contribution >= 4 is 37.4 Å². The van der Waals surface area contributed by atoms with Crippen LogP contribution < -0.4 is 9.44 Å². The van der Waals surface area contributed by atoms with Gasteiger partial charge in [-0.05, 0) is 62.7 Å². The van der Waals surface area contributed by atoms with Crippen LogP contribution in [0.15, 0.2) is 70.5 Å². The highest BCUT2D eigenvalue weighted by molar-refractivity contribution is 7.93. The van der Waals surface area contributed by atoms with Gasteiger partial charge >= 0.3 is 5.97 Å². The topological polar surface area (TPSA) is 130 Å². The fourth-order valence-electron chi connectivity index (χ4n) is 3.02. The molecular weight excluding hydrogens is 452 g/mol. The van der Waals surface area contributed by atoms with E-state index in [1.54, 1.807) is 45.0 Å². The minimum absolute atomic E-state index is 0.0530. The number of benzene rings is 3. The summed E-state index contributed by atoms with van der Waals surface area (Å²) < 4.78 is 55.8. The van der Waals surface area contributed by atoms with Crippen molar-refractivity contribution in [2.75, 3.05) is 9.44 Å². The van der Waals surface area contributed by atoms with Crippen LogP contribution in [0.3, 0.4) is 0 Å². The molecule has 3 rings (SSSR count). The van der Waals surface area contributed by atoms with Gasteiger partial charge in [0.1, 0.15) is 5.56 Å². The number of rotatable bonds is 7. The first-order chi connectivity index (χ1) is 14.9. The first-order valence-electron chi connectivity index (χ1n) is 9.46. The molecule has 10 heteroatoms. The number of aryl methyl sites for hydroxylation is 3. The van der Waals surface area contributed by atoms with Crippen LogP contribution in [0.25, 0.3) is 0 Å². The number of sulfonamides is 2.